The topological polar surface area (TPSA) is 105 Å². The number of aromatic nitrogens is 4. The van der Waals surface area contributed by atoms with Crippen LogP contribution >= 0.6 is 22.6 Å². The van der Waals surface area contributed by atoms with E-state index in [-0.39, 0.29) is 6.61 Å². The summed E-state index contributed by atoms with van der Waals surface area (Å²) in [5.41, 5.74) is 4.23. The highest BCUT2D eigenvalue weighted by atomic mass is 127. The highest BCUT2D eigenvalue weighted by Crippen LogP contribution is 2.34. The molecule has 1 saturated heterocycles. The Bertz CT molecular complexity index is 1400. The lowest BCUT2D eigenvalue weighted by atomic mass is 10.1. The average Bonchev–Trinajstić information content (AvgIpc) is 3.48. The molecular formula is C26H23IN4O5. The molecule has 36 heavy (non-hydrogen) atoms. The van der Waals surface area contributed by atoms with Crippen LogP contribution in [0.15, 0.2) is 61.2 Å². The van der Waals surface area contributed by atoms with Gasteiger partial charge in [-0.25, -0.2) is 24.5 Å². The van der Waals surface area contributed by atoms with Crippen molar-refractivity contribution in [3.63, 3.8) is 0 Å². The van der Waals surface area contributed by atoms with Gasteiger partial charge in [-0.1, -0.05) is 35.4 Å². The molecule has 0 saturated carbocycles. The molecule has 2 aromatic heterocycles. The molecule has 0 radical (unpaired) electrons. The van der Waals surface area contributed by atoms with Crippen molar-refractivity contribution in [2.45, 2.75) is 38.7 Å². The van der Waals surface area contributed by atoms with Gasteiger partial charge in [0.1, 0.15) is 40.6 Å². The van der Waals surface area contributed by atoms with Gasteiger partial charge in [-0.05, 0) is 60.7 Å². The summed E-state index contributed by atoms with van der Waals surface area (Å²) in [6.07, 6.45) is 1.61. The van der Waals surface area contributed by atoms with Gasteiger partial charge < -0.3 is 14.2 Å². The summed E-state index contributed by atoms with van der Waals surface area (Å²) in [6.45, 7) is 3.82. The van der Waals surface area contributed by atoms with E-state index in [1.165, 1.54) is 6.33 Å². The number of aryl methyl sites for hydroxylation is 2. The van der Waals surface area contributed by atoms with Gasteiger partial charge in [-0.2, -0.15) is 0 Å². The molecule has 5 rings (SSSR count). The van der Waals surface area contributed by atoms with Crippen molar-refractivity contribution in [1.82, 2.24) is 19.5 Å². The number of hydrogen-bond donors (Lipinski definition) is 0. The van der Waals surface area contributed by atoms with Crippen LogP contribution in [0.3, 0.4) is 0 Å². The zero-order chi connectivity index (χ0) is 25.2. The Kier molecular flexibility index (Phi) is 6.97. The molecule has 0 amide bonds. The van der Waals surface area contributed by atoms with Crippen LogP contribution in [0, 0.1) is 17.5 Å². The summed E-state index contributed by atoms with van der Waals surface area (Å²) >= 11 is 2.10. The number of nitrogens with zero attached hydrogens (tertiary/aromatic N) is 4. The minimum atomic E-state index is -0.669. The van der Waals surface area contributed by atoms with E-state index in [0.29, 0.717) is 28.7 Å². The van der Waals surface area contributed by atoms with Gasteiger partial charge in [0, 0.05) is 6.42 Å². The summed E-state index contributed by atoms with van der Waals surface area (Å²) in [5.74, 6) is -0.937. The number of fused-ring (bicyclic) bond motifs is 1. The first kappa shape index (κ1) is 24.3. The number of benzene rings is 2. The Balaban J connectivity index is 1.36. The van der Waals surface area contributed by atoms with Crippen LogP contribution < -0.4 is 0 Å². The van der Waals surface area contributed by atoms with Crippen LogP contribution in [0.5, 0.6) is 0 Å². The Morgan fingerprint density at radius 3 is 2.28 bits per heavy atom. The molecule has 1 aliphatic rings. The standard InChI is InChI=1S/C26H23IN4O5/c1-15-3-7-17(8-4-15)25(32)34-12-20-19(36-26(33)18-9-5-16(2)6-10-18)11-21(35-20)31-14-30-22-23(27)28-13-29-24(22)31/h3-10,13-14,19-21H,11-12H2,1-2H3. The number of esters is 2. The van der Waals surface area contributed by atoms with Crippen molar-refractivity contribution in [2.75, 3.05) is 6.61 Å². The first-order chi connectivity index (χ1) is 17.4. The third-order valence-electron chi connectivity index (χ3n) is 6.02. The molecule has 3 heterocycles. The molecule has 9 nitrogen and oxygen atoms in total. The van der Waals surface area contributed by atoms with E-state index >= 15 is 0 Å². The molecule has 0 aliphatic carbocycles. The second-order valence-corrected chi connectivity index (χ2v) is 9.65. The molecule has 184 valence electrons. The lowest BCUT2D eigenvalue weighted by Gasteiger charge is -2.19. The molecule has 0 bridgehead atoms. The first-order valence-electron chi connectivity index (χ1n) is 11.4. The third-order valence-corrected chi connectivity index (χ3v) is 6.81. The predicted molar refractivity (Wildman–Crippen MR) is 138 cm³/mol. The molecule has 0 N–H and O–H groups in total. The summed E-state index contributed by atoms with van der Waals surface area (Å²) in [5, 5.41) is 0. The molecule has 1 fully saturated rings. The highest BCUT2D eigenvalue weighted by molar-refractivity contribution is 14.1. The van der Waals surface area contributed by atoms with E-state index < -0.39 is 30.4 Å². The molecule has 4 aromatic rings. The van der Waals surface area contributed by atoms with Gasteiger partial charge >= 0.3 is 11.9 Å². The number of halogens is 1. The fraction of sp³-hybridized carbons (Fsp3) is 0.269. The maximum atomic E-state index is 12.9. The van der Waals surface area contributed by atoms with Crippen LogP contribution in [0.4, 0.5) is 0 Å². The van der Waals surface area contributed by atoms with E-state index in [2.05, 4.69) is 37.5 Å². The van der Waals surface area contributed by atoms with Crippen molar-refractivity contribution in [3.05, 3.63) is 87.1 Å². The minimum Gasteiger partial charge on any atom is -0.459 e. The molecule has 0 spiro atoms. The summed E-state index contributed by atoms with van der Waals surface area (Å²) in [6, 6.07) is 14.3. The van der Waals surface area contributed by atoms with Crippen LogP contribution in [-0.4, -0.2) is 50.3 Å². The smallest absolute Gasteiger partial charge is 0.338 e. The zero-order valence-corrected chi connectivity index (χ0v) is 21.8. The zero-order valence-electron chi connectivity index (χ0n) is 19.6. The number of rotatable bonds is 6. The maximum Gasteiger partial charge on any atom is 0.338 e. The number of imidazole rings is 1. The van der Waals surface area contributed by atoms with Crippen LogP contribution in [0.25, 0.3) is 11.2 Å². The predicted octanol–water partition coefficient (Wildman–Crippen LogP) is 4.42. The number of carbonyl (C=O) groups is 2. The Hall–Kier alpha value is -3.38. The lowest BCUT2D eigenvalue weighted by Crippen LogP contribution is -2.32. The van der Waals surface area contributed by atoms with E-state index in [9.17, 15) is 9.59 Å². The Morgan fingerprint density at radius 1 is 0.972 bits per heavy atom. The lowest BCUT2D eigenvalue weighted by molar-refractivity contribution is -0.0563. The van der Waals surface area contributed by atoms with Gasteiger partial charge in [0.05, 0.1) is 17.5 Å². The molecule has 3 atom stereocenters. The molecule has 1 aliphatic heterocycles. The Labute approximate surface area is 221 Å². The molecular weight excluding hydrogens is 575 g/mol. The monoisotopic (exact) mass is 598 g/mol. The molecule has 3 unspecified atom stereocenters. The number of carbonyl (C=O) groups excluding carboxylic acids is 2. The van der Waals surface area contributed by atoms with E-state index in [0.717, 1.165) is 14.8 Å². The summed E-state index contributed by atoms with van der Waals surface area (Å²) < 4.78 is 20.1. The SMILES string of the molecule is Cc1ccc(C(=O)OCC2OC(n3cnc4c(I)ncnc43)CC2OC(=O)c2ccc(C)cc2)cc1. The second kappa shape index (κ2) is 10.3. The number of hydrogen-bond acceptors (Lipinski definition) is 8. The molecule has 2 aromatic carbocycles. The van der Waals surface area contributed by atoms with Crippen molar-refractivity contribution in [2.24, 2.45) is 0 Å². The maximum absolute atomic E-state index is 12.9. The van der Waals surface area contributed by atoms with E-state index in [1.807, 2.05) is 38.1 Å². The van der Waals surface area contributed by atoms with Crippen LogP contribution in [0.1, 0.15) is 44.5 Å². The van der Waals surface area contributed by atoms with Gasteiger partial charge in [0.15, 0.2) is 5.65 Å². The third kappa shape index (κ3) is 5.09. The van der Waals surface area contributed by atoms with Crippen LogP contribution in [0.2, 0.25) is 0 Å². The van der Waals surface area contributed by atoms with Gasteiger partial charge in [0.25, 0.3) is 0 Å². The normalized spacial score (nSPS) is 19.4. The molecule has 10 heteroatoms. The van der Waals surface area contributed by atoms with Crippen molar-refractivity contribution >= 4 is 45.7 Å². The summed E-state index contributed by atoms with van der Waals surface area (Å²) in [7, 11) is 0. The van der Waals surface area contributed by atoms with Gasteiger partial charge in [-0.15, -0.1) is 0 Å². The minimum absolute atomic E-state index is 0.0752. The summed E-state index contributed by atoms with van der Waals surface area (Å²) in [4.78, 5) is 38.4. The van der Waals surface area contributed by atoms with Gasteiger partial charge in [0.2, 0.25) is 0 Å². The van der Waals surface area contributed by atoms with Crippen molar-refractivity contribution in [1.29, 1.82) is 0 Å². The van der Waals surface area contributed by atoms with Crippen LogP contribution in [-0.2, 0) is 14.2 Å². The number of ether oxygens (including phenoxy) is 3. The second-order valence-electron chi connectivity index (χ2n) is 8.63. The van der Waals surface area contributed by atoms with Crippen molar-refractivity contribution in [3.8, 4) is 0 Å². The van der Waals surface area contributed by atoms with E-state index in [4.69, 9.17) is 14.2 Å². The highest BCUT2D eigenvalue weighted by Gasteiger charge is 2.40. The Morgan fingerprint density at radius 2 is 1.61 bits per heavy atom. The van der Waals surface area contributed by atoms with Gasteiger partial charge in [-0.3, -0.25) is 4.57 Å². The largest absolute Gasteiger partial charge is 0.459 e. The van der Waals surface area contributed by atoms with Crippen molar-refractivity contribution < 1.29 is 23.8 Å². The average molecular weight is 598 g/mol. The quantitative estimate of drug-likeness (QED) is 0.183. The van der Waals surface area contributed by atoms with E-state index in [1.54, 1.807) is 35.2 Å². The fourth-order valence-corrected chi connectivity index (χ4v) is 4.51. The first-order valence-corrected chi connectivity index (χ1v) is 12.5. The fourth-order valence-electron chi connectivity index (χ4n) is 4.01.